The molecule has 1 amide bonds. The summed E-state index contributed by atoms with van der Waals surface area (Å²) in [5, 5.41) is 11.2. The molecule has 0 heterocycles. The lowest BCUT2D eigenvalue weighted by Crippen LogP contribution is -2.05. The van der Waals surface area contributed by atoms with Gasteiger partial charge in [-0.3, -0.25) is 4.79 Å². The number of benzene rings is 4. The summed E-state index contributed by atoms with van der Waals surface area (Å²) in [5.41, 5.74) is 8.87. The first-order valence-corrected chi connectivity index (χ1v) is 10.7. The molecule has 0 saturated heterocycles. The lowest BCUT2D eigenvalue weighted by molar-refractivity contribution is -0.113. The van der Waals surface area contributed by atoms with Gasteiger partial charge in [-0.15, -0.1) is 0 Å². The predicted molar refractivity (Wildman–Crippen MR) is 130 cm³/mol. The summed E-state index contributed by atoms with van der Waals surface area (Å²) in [6.45, 7) is 2.10. The molecule has 4 aromatic carbocycles. The molecule has 4 nitrogen and oxygen atoms in total. The molecule has 0 bridgehead atoms. The number of aryl methyl sites for hydroxylation is 1. The molecule has 0 aromatic heterocycles. The normalized spacial score (nSPS) is 11.2. The van der Waals surface area contributed by atoms with Crippen LogP contribution >= 0.6 is 0 Å². The van der Waals surface area contributed by atoms with Gasteiger partial charge in [-0.05, 0) is 58.8 Å². The van der Waals surface area contributed by atoms with E-state index in [2.05, 4.69) is 6.92 Å². The Hall–Kier alpha value is -4.12. The van der Waals surface area contributed by atoms with E-state index in [0.717, 1.165) is 35.1 Å². The number of ether oxygens (including phenoxy) is 1. The van der Waals surface area contributed by atoms with Gasteiger partial charge in [0.25, 0.3) is 0 Å². The number of carbonyl (C=O) groups is 1. The number of amides is 1. The minimum atomic E-state index is -0.707. The van der Waals surface area contributed by atoms with Crippen LogP contribution in [0, 0.1) is 5.82 Å². The van der Waals surface area contributed by atoms with Crippen molar-refractivity contribution < 1.29 is 19.0 Å². The Morgan fingerprint density at radius 3 is 2.45 bits per heavy atom. The lowest BCUT2D eigenvalue weighted by Gasteiger charge is -2.19. The Morgan fingerprint density at radius 2 is 1.79 bits per heavy atom. The Kier molecular flexibility index (Phi) is 6.41. The number of halogens is 1. The molecule has 0 radical (unpaired) electrons. The van der Waals surface area contributed by atoms with E-state index < -0.39 is 17.5 Å². The Balaban J connectivity index is 1.90. The average molecular weight is 442 g/mol. The van der Waals surface area contributed by atoms with Gasteiger partial charge in [0, 0.05) is 17.0 Å². The molecule has 0 saturated carbocycles. The van der Waals surface area contributed by atoms with Gasteiger partial charge in [0.05, 0.1) is 0 Å². The van der Waals surface area contributed by atoms with Gasteiger partial charge in [0.15, 0.2) is 11.6 Å². The van der Waals surface area contributed by atoms with Crippen molar-refractivity contribution in [2.75, 3.05) is 0 Å². The third-order valence-corrected chi connectivity index (χ3v) is 5.36. The van der Waals surface area contributed by atoms with E-state index >= 15 is 0 Å². The highest BCUT2D eigenvalue weighted by molar-refractivity contribution is 5.98. The highest BCUT2D eigenvalue weighted by Crippen LogP contribution is 2.44. The number of fused-ring (bicyclic) bond motifs is 1. The molecule has 0 atom stereocenters. The second-order valence-electron chi connectivity index (χ2n) is 7.79. The standard InChI is InChI=1S/C28H24FNO3/c1-2-6-20-15-21-16-25(31)24(29)17-23(21)28(27(20)19-7-4-3-5-8-19)33-22-12-9-18(10-13-22)11-14-26(30)32/h3-5,7-17,31H,2,6H2,1H3,(H2,30,32)/b14-11+. The maximum Gasteiger partial charge on any atom is 0.241 e. The molecule has 0 unspecified atom stereocenters. The summed E-state index contributed by atoms with van der Waals surface area (Å²) in [6, 6.07) is 21.8. The number of rotatable bonds is 7. The molecule has 0 fully saturated rings. The number of hydrogen-bond acceptors (Lipinski definition) is 3. The van der Waals surface area contributed by atoms with Crippen molar-refractivity contribution in [1.82, 2.24) is 0 Å². The zero-order chi connectivity index (χ0) is 23.4. The lowest BCUT2D eigenvalue weighted by atomic mass is 9.91. The van der Waals surface area contributed by atoms with E-state index in [9.17, 15) is 14.3 Å². The molecular formula is C28H24FNO3. The zero-order valence-corrected chi connectivity index (χ0v) is 18.2. The van der Waals surface area contributed by atoms with E-state index in [1.165, 1.54) is 18.2 Å². The summed E-state index contributed by atoms with van der Waals surface area (Å²) in [7, 11) is 0. The number of aromatic hydroxyl groups is 1. The van der Waals surface area contributed by atoms with Crippen molar-refractivity contribution in [3.05, 3.63) is 95.8 Å². The number of phenolic OH excluding ortho intramolecular Hbond substituents is 1. The van der Waals surface area contributed by atoms with Crippen LogP contribution in [-0.4, -0.2) is 11.0 Å². The predicted octanol–water partition coefficient (Wildman–Crippen LogP) is 6.59. The highest BCUT2D eigenvalue weighted by atomic mass is 19.1. The molecule has 0 aliphatic rings. The number of carbonyl (C=O) groups excluding carboxylic acids is 1. The summed E-state index contributed by atoms with van der Waals surface area (Å²) >= 11 is 0. The second-order valence-corrected chi connectivity index (χ2v) is 7.79. The van der Waals surface area contributed by atoms with Gasteiger partial charge < -0.3 is 15.6 Å². The molecular weight excluding hydrogens is 417 g/mol. The molecule has 0 spiro atoms. The van der Waals surface area contributed by atoms with Crippen molar-refractivity contribution in [3.8, 4) is 28.4 Å². The Bertz CT molecular complexity index is 1330. The number of hydrogen-bond donors (Lipinski definition) is 2. The van der Waals surface area contributed by atoms with Crippen LogP contribution in [0.15, 0.2) is 78.9 Å². The molecule has 3 N–H and O–H groups in total. The fraction of sp³-hybridized carbons (Fsp3) is 0.107. The van der Waals surface area contributed by atoms with Crippen molar-refractivity contribution in [2.24, 2.45) is 5.73 Å². The summed E-state index contributed by atoms with van der Waals surface area (Å²) in [6.07, 6.45) is 4.63. The van der Waals surface area contributed by atoms with Gasteiger partial charge in [-0.1, -0.05) is 61.9 Å². The summed E-state index contributed by atoms with van der Waals surface area (Å²) < 4.78 is 20.8. The summed E-state index contributed by atoms with van der Waals surface area (Å²) in [4.78, 5) is 11.0. The largest absolute Gasteiger partial charge is 0.505 e. The molecule has 0 aliphatic carbocycles. The van der Waals surface area contributed by atoms with Gasteiger partial charge in [0.2, 0.25) is 5.91 Å². The first-order chi connectivity index (χ1) is 16.0. The van der Waals surface area contributed by atoms with Gasteiger partial charge >= 0.3 is 0 Å². The molecule has 166 valence electrons. The van der Waals surface area contributed by atoms with Crippen LogP contribution in [0.2, 0.25) is 0 Å². The molecule has 4 aromatic rings. The van der Waals surface area contributed by atoms with Gasteiger partial charge in [-0.25, -0.2) is 4.39 Å². The first-order valence-electron chi connectivity index (χ1n) is 10.7. The average Bonchev–Trinajstić information content (AvgIpc) is 2.81. The highest BCUT2D eigenvalue weighted by Gasteiger charge is 2.19. The van der Waals surface area contributed by atoms with Crippen LogP contribution in [0.5, 0.6) is 17.2 Å². The van der Waals surface area contributed by atoms with Crippen LogP contribution in [0.25, 0.3) is 28.0 Å². The van der Waals surface area contributed by atoms with E-state index in [1.807, 2.05) is 48.5 Å². The van der Waals surface area contributed by atoms with Crippen LogP contribution in [0.1, 0.15) is 24.5 Å². The number of phenols is 1. The van der Waals surface area contributed by atoms with E-state index in [4.69, 9.17) is 10.5 Å². The van der Waals surface area contributed by atoms with Crippen molar-refractivity contribution >= 4 is 22.8 Å². The van der Waals surface area contributed by atoms with Crippen molar-refractivity contribution in [3.63, 3.8) is 0 Å². The molecule has 5 heteroatoms. The maximum absolute atomic E-state index is 14.4. The van der Waals surface area contributed by atoms with Crippen molar-refractivity contribution in [2.45, 2.75) is 19.8 Å². The van der Waals surface area contributed by atoms with E-state index in [0.29, 0.717) is 22.3 Å². The number of nitrogens with two attached hydrogens (primary N) is 1. The van der Waals surface area contributed by atoms with Crippen LogP contribution in [-0.2, 0) is 11.2 Å². The fourth-order valence-electron chi connectivity index (χ4n) is 3.87. The Morgan fingerprint density at radius 1 is 1.06 bits per heavy atom. The molecule has 4 rings (SSSR count). The smallest absolute Gasteiger partial charge is 0.241 e. The number of primary amides is 1. The molecule has 33 heavy (non-hydrogen) atoms. The fourth-order valence-corrected chi connectivity index (χ4v) is 3.87. The van der Waals surface area contributed by atoms with E-state index in [1.54, 1.807) is 18.2 Å². The van der Waals surface area contributed by atoms with Crippen LogP contribution in [0.3, 0.4) is 0 Å². The third-order valence-electron chi connectivity index (χ3n) is 5.36. The third kappa shape index (κ3) is 4.88. The Labute approximate surface area is 191 Å². The SMILES string of the molecule is CCCc1cc2cc(O)c(F)cc2c(Oc2ccc(/C=C/C(N)=O)cc2)c1-c1ccccc1. The second kappa shape index (κ2) is 9.57. The summed E-state index contributed by atoms with van der Waals surface area (Å²) in [5.74, 6) is -0.531. The quantitative estimate of drug-likeness (QED) is 0.318. The van der Waals surface area contributed by atoms with Gasteiger partial charge in [-0.2, -0.15) is 0 Å². The first kappa shape index (κ1) is 22.1. The maximum atomic E-state index is 14.4. The minimum absolute atomic E-state index is 0.394. The minimum Gasteiger partial charge on any atom is -0.505 e. The molecule has 0 aliphatic heterocycles. The monoisotopic (exact) mass is 441 g/mol. The van der Waals surface area contributed by atoms with Crippen LogP contribution < -0.4 is 10.5 Å². The van der Waals surface area contributed by atoms with Crippen LogP contribution in [0.4, 0.5) is 4.39 Å². The van der Waals surface area contributed by atoms with Gasteiger partial charge in [0.1, 0.15) is 11.5 Å². The van der Waals surface area contributed by atoms with E-state index in [-0.39, 0.29) is 0 Å². The van der Waals surface area contributed by atoms with Crippen molar-refractivity contribution in [1.29, 1.82) is 0 Å². The topological polar surface area (TPSA) is 72.6 Å². The zero-order valence-electron chi connectivity index (χ0n) is 18.2.